The molecule has 3 N–H and O–H groups in total. The first kappa shape index (κ1) is 18.7. The number of nitrogens with two attached hydrogens (primary N) is 1. The Balaban J connectivity index is 1.91. The van der Waals surface area contributed by atoms with Gasteiger partial charge in [-0.25, -0.2) is 4.98 Å². The van der Waals surface area contributed by atoms with Crippen molar-refractivity contribution in [3.63, 3.8) is 0 Å². The zero-order chi connectivity index (χ0) is 18.2. The molecule has 1 heterocycles. The third-order valence-corrected chi connectivity index (χ3v) is 3.53. The molecule has 7 nitrogen and oxygen atoms in total. The number of esters is 1. The van der Waals surface area contributed by atoms with Gasteiger partial charge in [-0.05, 0) is 25.8 Å². The van der Waals surface area contributed by atoms with Crippen LogP contribution < -0.4 is 11.1 Å². The number of nitrogens with zero attached hydrogens (tertiary/aromatic N) is 1. The Bertz CT molecular complexity index is 699. The summed E-state index contributed by atoms with van der Waals surface area (Å²) < 4.78 is 10.2. The largest absolute Gasteiger partial charge is 0.466 e. The van der Waals surface area contributed by atoms with E-state index in [0.29, 0.717) is 18.9 Å². The van der Waals surface area contributed by atoms with Gasteiger partial charge in [-0.15, -0.1) is 0 Å². The van der Waals surface area contributed by atoms with E-state index in [4.69, 9.17) is 14.9 Å². The van der Waals surface area contributed by atoms with Crippen LogP contribution in [0.2, 0.25) is 0 Å². The highest BCUT2D eigenvalue weighted by Crippen LogP contribution is 2.15. The van der Waals surface area contributed by atoms with Gasteiger partial charge in [0.15, 0.2) is 5.69 Å². The number of ether oxygens (including phenoxy) is 1. The van der Waals surface area contributed by atoms with Crippen LogP contribution in [0.15, 0.2) is 41.0 Å². The van der Waals surface area contributed by atoms with Crippen molar-refractivity contribution in [3.8, 4) is 0 Å². The van der Waals surface area contributed by atoms with Crippen LogP contribution in [0, 0.1) is 0 Å². The van der Waals surface area contributed by atoms with E-state index in [2.05, 4.69) is 10.3 Å². The van der Waals surface area contributed by atoms with E-state index in [-0.39, 0.29) is 24.1 Å². The highest BCUT2D eigenvalue weighted by Gasteiger charge is 2.19. The summed E-state index contributed by atoms with van der Waals surface area (Å²) in [4.78, 5) is 27.7. The number of oxazole rings is 1. The molecule has 2 atom stereocenters. The van der Waals surface area contributed by atoms with Crippen molar-refractivity contribution < 1.29 is 18.7 Å². The molecule has 1 aromatic heterocycles. The third-order valence-electron chi connectivity index (χ3n) is 3.53. The lowest BCUT2D eigenvalue weighted by atomic mass is 10.1. The first-order valence-corrected chi connectivity index (χ1v) is 8.21. The minimum absolute atomic E-state index is 0.0950. The molecule has 134 valence electrons. The van der Waals surface area contributed by atoms with Crippen LogP contribution in [0.25, 0.3) is 0 Å². The SMILES string of the molecule is CCOC(=O)CC(C)NC(=O)c1coc(C(N)Cc2ccccc2)n1. The zero-order valence-corrected chi connectivity index (χ0v) is 14.4. The molecule has 7 heteroatoms. The number of nitrogens with one attached hydrogen (secondary N) is 1. The van der Waals surface area contributed by atoms with Crippen LogP contribution in [0.5, 0.6) is 0 Å². The molecule has 2 unspecified atom stereocenters. The van der Waals surface area contributed by atoms with Crippen molar-refractivity contribution in [2.45, 2.75) is 38.8 Å². The first-order valence-electron chi connectivity index (χ1n) is 8.21. The Morgan fingerprint density at radius 3 is 2.72 bits per heavy atom. The van der Waals surface area contributed by atoms with E-state index >= 15 is 0 Å². The van der Waals surface area contributed by atoms with E-state index in [1.54, 1.807) is 13.8 Å². The van der Waals surface area contributed by atoms with E-state index in [9.17, 15) is 9.59 Å². The van der Waals surface area contributed by atoms with Crippen molar-refractivity contribution in [1.29, 1.82) is 0 Å². The van der Waals surface area contributed by atoms with Crippen LogP contribution in [0.1, 0.15) is 48.3 Å². The number of hydrogen-bond acceptors (Lipinski definition) is 6. The van der Waals surface area contributed by atoms with Crippen LogP contribution in [0.3, 0.4) is 0 Å². The van der Waals surface area contributed by atoms with Crippen molar-refractivity contribution in [2.24, 2.45) is 5.73 Å². The average molecular weight is 345 g/mol. The standard InChI is InChI=1S/C18H23N3O4/c1-3-24-16(22)9-12(2)20-17(23)15-11-25-18(21-15)14(19)10-13-7-5-4-6-8-13/h4-8,11-12,14H,3,9-10,19H2,1-2H3,(H,20,23). The van der Waals surface area contributed by atoms with Crippen LogP contribution in [-0.4, -0.2) is 29.5 Å². The van der Waals surface area contributed by atoms with Gasteiger partial charge in [0.05, 0.1) is 19.1 Å². The summed E-state index contributed by atoms with van der Waals surface area (Å²) in [7, 11) is 0. The van der Waals surface area contributed by atoms with Gasteiger partial charge < -0.3 is 20.2 Å². The summed E-state index contributed by atoms with van der Waals surface area (Å²) in [5, 5.41) is 2.68. The lowest BCUT2D eigenvalue weighted by Crippen LogP contribution is -2.34. The molecule has 25 heavy (non-hydrogen) atoms. The molecule has 2 aromatic rings. The van der Waals surface area contributed by atoms with E-state index in [1.165, 1.54) is 6.26 Å². The van der Waals surface area contributed by atoms with E-state index in [1.807, 2.05) is 30.3 Å². The molecular formula is C18H23N3O4. The topological polar surface area (TPSA) is 107 Å². The number of rotatable bonds is 8. The fourth-order valence-corrected chi connectivity index (χ4v) is 2.34. The maximum absolute atomic E-state index is 12.2. The summed E-state index contributed by atoms with van der Waals surface area (Å²) in [6.07, 6.45) is 1.92. The summed E-state index contributed by atoms with van der Waals surface area (Å²) in [5.41, 5.74) is 7.28. The smallest absolute Gasteiger partial charge is 0.307 e. The molecular weight excluding hydrogens is 322 g/mol. The monoisotopic (exact) mass is 345 g/mol. The Morgan fingerprint density at radius 1 is 1.32 bits per heavy atom. The average Bonchev–Trinajstić information content (AvgIpc) is 3.06. The van der Waals surface area contributed by atoms with Crippen LogP contribution >= 0.6 is 0 Å². The molecule has 0 saturated heterocycles. The first-order chi connectivity index (χ1) is 12.0. The second-order valence-electron chi connectivity index (χ2n) is 5.75. The summed E-state index contributed by atoms with van der Waals surface area (Å²) in [6.45, 7) is 3.76. The Morgan fingerprint density at radius 2 is 2.04 bits per heavy atom. The predicted octanol–water partition coefficient (Wildman–Crippen LogP) is 1.99. The van der Waals surface area contributed by atoms with Gasteiger partial charge in [-0.1, -0.05) is 30.3 Å². The number of aromatic nitrogens is 1. The van der Waals surface area contributed by atoms with Crippen molar-refractivity contribution >= 4 is 11.9 Å². The molecule has 0 aliphatic heterocycles. The van der Waals surface area contributed by atoms with Gasteiger partial charge in [-0.3, -0.25) is 9.59 Å². The lowest BCUT2D eigenvalue weighted by Gasteiger charge is -2.11. The highest BCUT2D eigenvalue weighted by molar-refractivity contribution is 5.92. The van der Waals surface area contributed by atoms with Crippen molar-refractivity contribution in [3.05, 3.63) is 53.7 Å². The molecule has 1 amide bonds. The summed E-state index contributed by atoms with van der Waals surface area (Å²) >= 11 is 0. The molecule has 0 bridgehead atoms. The number of hydrogen-bond donors (Lipinski definition) is 2. The molecule has 0 saturated carbocycles. The Hall–Kier alpha value is -2.67. The fraction of sp³-hybridized carbons (Fsp3) is 0.389. The molecule has 1 aromatic carbocycles. The molecule has 0 radical (unpaired) electrons. The molecule has 0 spiro atoms. The van der Waals surface area contributed by atoms with Gasteiger partial charge in [0, 0.05) is 6.04 Å². The zero-order valence-electron chi connectivity index (χ0n) is 14.4. The molecule has 0 fully saturated rings. The van der Waals surface area contributed by atoms with Crippen LogP contribution in [0.4, 0.5) is 0 Å². The van der Waals surface area contributed by atoms with Crippen molar-refractivity contribution in [1.82, 2.24) is 10.3 Å². The fourth-order valence-electron chi connectivity index (χ4n) is 2.34. The normalized spacial score (nSPS) is 13.1. The molecule has 0 aliphatic carbocycles. The quantitative estimate of drug-likeness (QED) is 0.709. The third kappa shape index (κ3) is 5.72. The summed E-state index contributed by atoms with van der Waals surface area (Å²) in [5.74, 6) is -0.480. The van der Waals surface area contributed by atoms with Gasteiger partial charge in [-0.2, -0.15) is 0 Å². The second kappa shape index (κ2) is 8.98. The maximum Gasteiger partial charge on any atom is 0.307 e. The Labute approximate surface area is 146 Å². The minimum Gasteiger partial charge on any atom is -0.466 e. The van der Waals surface area contributed by atoms with Gasteiger partial charge in [0.2, 0.25) is 5.89 Å². The second-order valence-corrected chi connectivity index (χ2v) is 5.75. The molecule has 0 aliphatic rings. The number of carbonyl (C=O) groups excluding carboxylic acids is 2. The number of benzene rings is 1. The minimum atomic E-state index is -0.444. The highest BCUT2D eigenvalue weighted by atomic mass is 16.5. The van der Waals surface area contributed by atoms with Gasteiger partial charge in [0.1, 0.15) is 6.26 Å². The Kier molecular flexibility index (Phi) is 6.71. The lowest BCUT2D eigenvalue weighted by molar-refractivity contribution is -0.143. The van der Waals surface area contributed by atoms with Gasteiger partial charge in [0.25, 0.3) is 5.91 Å². The van der Waals surface area contributed by atoms with Crippen LogP contribution in [-0.2, 0) is 16.0 Å². The maximum atomic E-state index is 12.2. The molecule has 2 rings (SSSR count). The summed E-state index contributed by atoms with van der Waals surface area (Å²) in [6, 6.07) is 8.91. The van der Waals surface area contributed by atoms with Gasteiger partial charge >= 0.3 is 5.97 Å². The predicted molar refractivity (Wildman–Crippen MR) is 91.8 cm³/mol. The van der Waals surface area contributed by atoms with E-state index in [0.717, 1.165) is 5.56 Å². The number of carbonyl (C=O) groups is 2. The van der Waals surface area contributed by atoms with E-state index < -0.39 is 11.9 Å². The van der Waals surface area contributed by atoms with Crippen molar-refractivity contribution in [2.75, 3.05) is 6.61 Å². The number of amides is 1.